The van der Waals surface area contributed by atoms with Gasteiger partial charge in [-0.3, -0.25) is 9.59 Å². The number of hydrogen-bond donors (Lipinski definition) is 0. The first-order valence-electron chi connectivity index (χ1n) is 10.4. The molecule has 0 N–H and O–H groups in total. The van der Waals surface area contributed by atoms with E-state index in [1.54, 1.807) is 36.3 Å². The average Bonchev–Trinajstić information content (AvgIpc) is 3.11. The van der Waals surface area contributed by atoms with Gasteiger partial charge in [-0.25, -0.2) is 4.39 Å². The van der Waals surface area contributed by atoms with Crippen LogP contribution in [0.15, 0.2) is 75.9 Å². The summed E-state index contributed by atoms with van der Waals surface area (Å²) in [4.78, 5) is 28.5. The van der Waals surface area contributed by atoms with Crippen LogP contribution in [-0.2, 0) is 6.42 Å². The summed E-state index contributed by atoms with van der Waals surface area (Å²) in [5, 5.41) is 0.701. The van der Waals surface area contributed by atoms with Crippen molar-refractivity contribution < 1.29 is 18.3 Å². The summed E-state index contributed by atoms with van der Waals surface area (Å²) in [5.74, 6) is -0.0150. The Bertz CT molecular complexity index is 1410. The molecular formula is C26H19ClFNO4. The van der Waals surface area contributed by atoms with Crippen LogP contribution in [-0.4, -0.2) is 24.5 Å². The van der Waals surface area contributed by atoms with Gasteiger partial charge in [0.25, 0.3) is 5.91 Å². The number of ether oxygens (including phenoxy) is 1. The number of nitrogens with zero attached hydrogens (tertiary/aromatic N) is 1. The predicted octanol–water partition coefficient (Wildman–Crippen LogP) is 5.38. The fraction of sp³-hybridized carbons (Fsp3) is 0.154. The van der Waals surface area contributed by atoms with Gasteiger partial charge in [-0.05, 0) is 60.0 Å². The Labute approximate surface area is 194 Å². The maximum atomic E-state index is 13.6. The molecule has 5 rings (SSSR count). The normalized spacial score (nSPS) is 15.2. The summed E-state index contributed by atoms with van der Waals surface area (Å²) >= 11 is 6.10. The van der Waals surface area contributed by atoms with Crippen LogP contribution < -0.4 is 10.2 Å². The largest absolute Gasteiger partial charge is 0.497 e. The van der Waals surface area contributed by atoms with Gasteiger partial charge in [0, 0.05) is 11.6 Å². The van der Waals surface area contributed by atoms with E-state index >= 15 is 0 Å². The van der Waals surface area contributed by atoms with E-state index in [1.807, 2.05) is 24.3 Å². The molecule has 1 aliphatic heterocycles. The average molecular weight is 464 g/mol. The van der Waals surface area contributed by atoms with Crippen LogP contribution >= 0.6 is 11.6 Å². The van der Waals surface area contributed by atoms with Gasteiger partial charge in [-0.2, -0.15) is 0 Å². The number of benzene rings is 3. The summed E-state index contributed by atoms with van der Waals surface area (Å²) in [6, 6.07) is 17.4. The summed E-state index contributed by atoms with van der Waals surface area (Å²) in [6.45, 7) is 0.341. The highest BCUT2D eigenvalue weighted by atomic mass is 35.5. The van der Waals surface area contributed by atoms with Gasteiger partial charge in [0.15, 0.2) is 5.43 Å². The molecule has 0 bridgehead atoms. The Hall–Kier alpha value is -3.64. The molecule has 3 aromatic carbocycles. The van der Waals surface area contributed by atoms with Crippen molar-refractivity contribution in [1.29, 1.82) is 0 Å². The zero-order valence-electron chi connectivity index (χ0n) is 17.7. The minimum absolute atomic E-state index is 0.0129. The van der Waals surface area contributed by atoms with Crippen LogP contribution in [0.25, 0.3) is 11.0 Å². The van der Waals surface area contributed by atoms with E-state index in [9.17, 15) is 14.0 Å². The van der Waals surface area contributed by atoms with Crippen LogP contribution in [0.2, 0.25) is 5.02 Å². The molecule has 0 unspecified atom stereocenters. The third-order valence-corrected chi connectivity index (χ3v) is 6.15. The Morgan fingerprint density at radius 1 is 1.03 bits per heavy atom. The van der Waals surface area contributed by atoms with Crippen molar-refractivity contribution >= 4 is 28.5 Å². The zero-order valence-corrected chi connectivity index (χ0v) is 18.4. The zero-order chi connectivity index (χ0) is 23.1. The van der Waals surface area contributed by atoms with Gasteiger partial charge in [0.1, 0.15) is 17.1 Å². The van der Waals surface area contributed by atoms with Gasteiger partial charge in [-0.15, -0.1) is 0 Å². The van der Waals surface area contributed by atoms with Crippen LogP contribution in [0, 0.1) is 5.82 Å². The lowest BCUT2D eigenvalue weighted by atomic mass is 9.98. The van der Waals surface area contributed by atoms with Gasteiger partial charge in [-0.1, -0.05) is 35.9 Å². The van der Waals surface area contributed by atoms with Gasteiger partial charge in [0.2, 0.25) is 5.76 Å². The fourth-order valence-corrected chi connectivity index (χ4v) is 4.43. The van der Waals surface area contributed by atoms with E-state index in [0.717, 1.165) is 11.3 Å². The third kappa shape index (κ3) is 3.76. The second-order valence-corrected chi connectivity index (χ2v) is 8.30. The highest BCUT2D eigenvalue weighted by molar-refractivity contribution is 6.31. The molecule has 0 saturated heterocycles. The van der Waals surface area contributed by atoms with Crippen molar-refractivity contribution in [1.82, 2.24) is 4.90 Å². The standard InChI is InChI=1S/C26H19ClFNO4/c1-32-19-9-2-15(3-10-19)12-13-29-23(16-4-7-18(28)8-5-16)22-24(30)20-14-17(27)6-11-21(20)33-25(22)26(29)31/h2-11,14,23H,12-13H2,1H3/t23-/m0/s1. The molecule has 1 aromatic heterocycles. The Morgan fingerprint density at radius 2 is 1.76 bits per heavy atom. The van der Waals surface area contributed by atoms with E-state index in [1.165, 1.54) is 18.2 Å². The molecule has 0 fully saturated rings. The maximum absolute atomic E-state index is 13.6. The number of fused-ring (bicyclic) bond motifs is 2. The minimum Gasteiger partial charge on any atom is -0.497 e. The van der Waals surface area contributed by atoms with Crippen LogP contribution in [0.1, 0.15) is 33.3 Å². The van der Waals surface area contributed by atoms with E-state index < -0.39 is 11.9 Å². The quantitative estimate of drug-likeness (QED) is 0.398. The first-order chi connectivity index (χ1) is 16.0. The number of carbonyl (C=O) groups excluding carboxylic acids is 1. The Kier molecular flexibility index (Phi) is 5.38. The van der Waals surface area contributed by atoms with Crippen molar-refractivity contribution in [3.05, 3.63) is 110 Å². The molecule has 166 valence electrons. The van der Waals surface area contributed by atoms with E-state index in [0.29, 0.717) is 34.5 Å². The molecule has 33 heavy (non-hydrogen) atoms. The lowest BCUT2D eigenvalue weighted by Gasteiger charge is -2.25. The van der Waals surface area contributed by atoms with E-state index in [2.05, 4.69) is 0 Å². The molecule has 0 aliphatic carbocycles. The maximum Gasteiger partial charge on any atom is 0.290 e. The fourth-order valence-electron chi connectivity index (χ4n) is 4.26. The van der Waals surface area contributed by atoms with Gasteiger partial charge >= 0.3 is 0 Å². The molecule has 0 radical (unpaired) electrons. The second-order valence-electron chi connectivity index (χ2n) is 7.87. The molecule has 7 heteroatoms. The highest BCUT2D eigenvalue weighted by Crippen LogP contribution is 2.38. The summed E-state index contributed by atoms with van der Waals surface area (Å²) < 4.78 is 24.7. The van der Waals surface area contributed by atoms with Gasteiger partial charge in [0.05, 0.1) is 24.1 Å². The second kappa shape index (κ2) is 8.37. The molecule has 0 spiro atoms. The molecule has 1 amide bonds. The van der Waals surface area contributed by atoms with Crippen molar-refractivity contribution in [3.63, 3.8) is 0 Å². The molecular weight excluding hydrogens is 445 g/mol. The molecule has 2 heterocycles. The van der Waals surface area contributed by atoms with Crippen molar-refractivity contribution in [3.8, 4) is 5.75 Å². The number of methoxy groups -OCH3 is 1. The number of carbonyl (C=O) groups is 1. The number of hydrogen-bond acceptors (Lipinski definition) is 4. The monoisotopic (exact) mass is 463 g/mol. The topological polar surface area (TPSA) is 59.8 Å². The third-order valence-electron chi connectivity index (χ3n) is 5.91. The SMILES string of the molecule is COc1ccc(CCN2C(=O)c3oc4ccc(Cl)cc4c(=O)c3[C@@H]2c2ccc(F)cc2)cc1. The van der Waals surface area contributed by atoms with Crippen LogP contribution in [0.4, 0.5) is 4.39 Å². The molecule has 5 nitrogen and oxygen atoms in total. The molecule has 0 saturated carbocycles. The van der Waals surface area contributed by atoms with Crippen molar-refractivity contribution in [2.45, 2.75) is 12.5 Å². The van der Waals surface area contributed by atoms with Gasteiger partial charge < -0.3 is 14.1 Å². The Balaban J connectivity index is 1.60. The smallest absolute Gasteiger partial charge is 0.290 e. The summed E-state index contributed by atoms with van der Waals surface area (Å²) in [7, 11) is 1.60. The summed E-state index contributed by atoms with van der Waals surface area (Å²) in [5.41, 5.74) is 1.87. The predicted molar refractivity (Wildman–Crippen MR) is 123 cm³/mol. The lowest BCUT2D eigenvalue weighted by Crippen LogP contribution is -2.31. The van der Waals surface area contributed by atoms with Crippen LogP contribution in [0.5, 0.6) is 5.75 Å². The number of rotatable bonds is 5. The first kappa shape index (κ1) is 21.2. The van der Waals surface area contributed by atoms with E-state index in [4.69, 9.17) is 20.8 Å². The summed E-state index contributed by atoms with van der Waals surface area (Å²) in [6.07, 6.45) is 0.557. The Morgan fingerprint density at radius 3 is 2.45 bits per heavy atom. The highest BCUT2D eigenvalue weighted by Gasteiger charge is 2.42. The van der Waals surface area contributed by atoms with Crippen molar-refractivity contribution in [2.75, 3.05) is 13.7 Å². The lowest BCUT2D eigenvalue weighted by molar-refractivity contribution is 0.0730. The minimum atomic E-state index is -0.689. The molecule has 1 atom stereocenters. The molecule has 4 aromatic rings. The number of halogens is 2. The first-order valence-corrected chi connectivity index (χ1v) is 10.8. The van der Waals surface area contributed by atoms with Crippen LogP contribution in [0.3, 0.4) is 0 Å². The molecule has 1 aliphatic rings. The van der Waals surface area contributed by atoms with E-state index in [-0.39, 0.29) is 22.7 Å². The van der Waals surface area contributed by atoms with Crippen molar-refractivity contribution in [2.24, 2.45) is 0 Å². The number of amides is 1.